The lowest BCUT2D eigenvalue weighted by Crippen LogP contribution is -2.17. The number of sulfonamides is 1. The van der Waals surface area contributed by atoms with Crippen molar-refractivity contribution in [1.82, 2.24) is 0 Å². The van der Waals surface area contributed by atoms with Gasteiger partial charge in [0.05, 0.1) is 15.6 Å². The fourth-order valence-electron chi connectivity index (χ4n) is 2.19. The summed E-state index contributed by atoms with van der Waals surface area (Å²) in [5.74, 6) is 0.569. The van der Waals surface area contributed by atoms with E-state index in [0.717, 1.165) is 18.2 Å². The van der Waals surface area contributed by atoms with Crippen LogP contribution in [0.1, 0.15) is 0 Å². The molecular weight excluding hydrogens is 460 g/mol. The number of fused-ring (bicyclic) bond motifs is 1. The molecule has 26 heavy (non-hydrogen) atoms. The minimum atomic E-state index is -4.03. The number of hydrogen-bond acceptors (Lipinski definition) is 5. The van der Waals surface area contributed by atoms with Gasteiger partial charge in [0, 0.05) is 16.6 Å². The first-order valence-corrected chi connectivity index (χ1v) is 9.78. The SMILES string of the molecule is O=S(=O)(Nc1cc2c(cc1Br)OCCO2)c1ccc(OC(F)F)c(Cl)c1. The van der Waals surface area contributed by atoms with Crippen LogP contribution in [0.5, 0.6) is 17.2 Å². The Morgan fingerprint density at radius 3 is 2.42 bits per heavy atom. The van der Waals surface area contributed by atoms with E-state index in [4.69, 9.17) is 21.1 Å². The molecule has 1 heterocycles. The highest BCUT2D eigenvalue weighted by Gasteiger charge is 2.21. The van der Waals surface area contributed by atoms with Crippen molar-refractivity contribution in [3.8, 4) is 17.2 Å². The average Bonchev–Trinajstić information content (AvgIpc) is 2.56. The third-order valence-electron chi connectivity index (χ3n) is 3.31. The molecular formula is C15H11BrClF2NO5S. The first kappa shape index (κ1) is 19.0. The summed E-state index contributed by atoms with van der Waals surface area (Å²) in [6, 6.07) is 6.25. The van der Waals surface area contributed by atoms with Gasteiger partial charge in [-0.25, -0.2) is 8.42 Å². The molecule has 0 aromatic heterocycles. The predicted octanol–water partition coefficient (Wildman–Crippen LogP) is 4.28. The zero-order valence-corrected chi connectivity index (χ0v) is 16.0. The zero-order valence-electron chi connectivity index (χ0n) is 12.8. The summed E-state index contributed by atoms with van der Waals surface area (Å²) in [7, 11) is -4.03. The van der Waals surface area contributed by atoms with Gasteiger partial charge in [-0.3, -0.25) is 4.72 Å². The third-order valence-corrected chi connectivity index (χ3v) is 5.62. The van der Waals surface area contributed by atoms with Gasteiger partial charge in [-0.05, 0) is 34.1 Å². The fourth-order valence-corrected chi connectivity index (χ4v) is 4.13. The number of nitrogens with one attached hydrogen (secondary N) is 1. The molecule has 1 N–H and O–H groups in total. The van der Waals surface area contributed by atoms with E-state index in [1.807, 2.05) is 0 Å². The zero-order chi connectivity index (χ0) is 18.9. The van der Waals surface area contributed by atoms with Gasteiger partial charge in [-0.1, -0.05) is 11.6 Å². The van der Waals surface area contributed by atoms with Crippen LogP contribution in [0, 0.1) is 0 Å². The molecule has 1 aliphatic rings. The molecule has 6 nitrogen and oxygen atoms in total. The molecule has 2 aromatic carbocycles. The maximum absolute atomic E-state index is 12.6. The number of anilines is 1. The summed E-state index contributed by atoms with van der Waals surface area (Å²) in [5, 5.41) is -0.255. The normalized spacial score (nSPS) is 13.6. The van der Waals surface area contributed by atoms with Gasteiger partial charge in [-0.15, -0.1) is 0 Å². The van der Waals surface area contributed by atoms with Crippen LogP contribution in [0.2, 0.25) is 5.02 Å². The number of benzene rings is 2. The molecule has 0 amide bonds. The molecule has 0 spiro atoms. The molecule has 0 radical (unpaired) electrons. The predicted molar refractivity (Wildman–Crippen MR) is 94.0 cm³/mol. The van der Waals surface area contributed by atoms with Crippen molar-refractivity contribution in [3.05, 3.63) is 39.8 Å². The molecule has 3 rings (SSSR count). The van der Waals surface area contributed by atoms with E-state index >= 15 is 0 Å². The second kappa shape index (κ2) is 7.45. The molecule has 2 aromatic rings. The van der Waals surface area contributed by atoms with Crippen LogP contribution in [0.25, 0.3) is 0 Å². The van der Waals surface area contributed by atoms with Crippen LogP contribution in [0.15, 0.2) is 39.7 Å². The van der Waals surface area contributed by atoms with Crippen molar-refractivity contribution in [3.63, 3.8) is 0 Å². The number of ether oxygens (including phenoxy) is 3. The van der Waals surface area contributed by atoms with Crippen LogP contribution in [0.4, 0.5) is 14.5 Å². The largest absolute Gasteiger partial charge is 0.486 e. The second-order valence-corrected chi connectivity index (χ2v) is 8.00. The van der Waals surface area contributed by atoms with Crippen molar-refractivity contribution in [2.45, 2.75) is 11.5 Å². The Hall–Kier alpha value is -1.78. The number of rotatable bonds is 5. The summed E-state index contributed by atoms with van der Waals surface area (Å²) >= 11 is 9.07. The van der Waals surface area contributed by atoms with Crippen molar-refractivity contribution in [2.75, 3.05) is 17.9 Å². The van der Waals surface area contributed by atoms with Gasteiger partial charge in [0.1, 0.15) is 19.0 Å². The molecule has 1 aliphatic heterocycles. The van der Waals surface area contributed by atoms with Crippen LogP contribution >= 0.6 is 27.5 Å². The summed E-state index contributed by atoms with van der Waals surface area (Å²) in [6.45, 7) is -2.32. The fraction of sp³-hybridized carbons (Fsp3) is 0.200. The Kier molecular flexibility index (Phi) is 5.44. The Morgan fingerprint density at radius 2 is 1.81 bits per heavy atom. The standard InChI is InChI=1S/C15H11BrClF2NO5S/c16-9-6-13-14(24-4-3-23-13)7-11(9)20-26(21,22)8-1-2-12(10(17)5-8)25-15(18)19/h1-2,5-7,15,20H,3-4H2. The highest BCUT2D eigenvalue weighted by molar-refractivity contribution is 9.10. The van der Waals surface area contributed by atoms with Crippen molar-refractivity contribution < 1.29 is 31.4 Å². The van der Waals surface area contributed by atoms with Crippen molar-refractivity contribution in [2.24, 2.45) is 0 Å². The number of alkyl halides is 2. The van der Waals surface area contributed by atoms with E-state index in [0.29, 0.717) is 29.2 Å². The van der Waals surface area contributed by atoms with E-state index in [1.165, 1.54) is 6.07 Å². The molecule has 0 bridgehead atoms. The Labute approximate surface area is 161 Å². The molecule has 11 heteroatoms. The maximum atomic E-state index is 12.6. The van der Waals surface area contributed by atoms with Gasteiger partial charge in [0.2, 0.25) is 0 Å². The van der Waals surface area contributed by atoms with E-state index in [9.17, 15) is 17.2 Å². The van der Waals surface area contributed by atoms with Gasteiger partial charge < -0.3 is 14.2 Å². The molecule has 0 fully saturated rings. The Morgan fingerprint density at radius 1 is 1.15 bits per heavy atom. The topological polar surface area (TPSA) is 73.9 Å². The molecule has 0 unspecified atom stereocenters. The van der Waals surface area contributed by atoms with Crippen LogP contribution in [-0.2, 0) is 10.0 Å². The monoisotopic (exact) mass is 469 g/mol. The lowest BCUT2D eigenvalue weighted by molar-refractivity contribution is -0.0498. The third kappa shape index (κ3) is 4.13. The summed E-state index contributed by atoms with van der Waals surface area (Å²) < 4.78 is 67.5. The number of halogens is 4. The maximum Gasteiger partial charge on any atom is 0.387 e. The van der Waals surface area contributed by atoms with E-state index in [1.54, 1.807) is 6.07 Å². The minimum absolute atomic E-state index is 0.217. The van der Waals surface area contributed by atoms with Gasteiger partial charge in [-0.2, -0.15) is 8.78 Å². The van der Waals surface area contributed by atoms with Crippen LogP contribution in [-0.4, -0.2) is 28.2 Å². The quantitative estimate of drug-likeness (QED) is 0.706. The van der Waals surface area contributed by atoms with E-state index in [2.05, 4.69) is 25.4 Å². The van der Waals surface area contributed by atoms with Crippen LogP contribution in [0.3, 0.4) is 0 Å². The lowest BCUT2D eigenvalue weighted by atomic mass is 10.2. The summed E-state index contributed by atoms with van der Waals surface area (Å²) in [4.78, 5) is -0.217. The first-order chi connectivity index (χ1) is 12.3. The number of hydrogen-bond donors (Lipinski definition) is 1. The van der Waals surface area contributed by atoms with Gasteiger partial charge in [0.25, 0.3) is 10.0 Å². The first-order valence-electron chi connectivity index (χ1n) is 7.12. The molecule has 0 aliphatic carbocycles. The summed E-state index contributed by atoms with van der Waals surface area (Å²) in [6.07, 6.45) is 0. The van der Waals surface area contributed by atoms with E-state index < -0.39 is 16.6 Å². The van der Waals surface area contributed by atoms with Crippen molar-refractivity contribution >= 4 is 43.2 Å². The highest BCUT2D eigenvalue weighted by Crippen LogP contribution is 2.39. The lowest BCUT2D eigenvalue weighted by Gasteiger charge is -2.20. The van der Waals surface area contributed by atoms with Crippen LogP contribution < -0.4 is 18.9 Å². The van der Waals surface area contributed by atoms with E-state index in [-0.39, 0.29) is 21.4 Å². The Balaban J connectivity index is 1.88. The molecule has 0 atom stereocenters. The molecule has 0 saturated heterocycles. The van der Waals surface area contributed by atoms with Crippen molar-refractivity contribution in [1.29, 1.82) is 0 Å². The minimum Gasteiger partial charge on any atom is -0.486 e. The second-order valence-electron chi connectivity index (χ2n) is 5.05. The highest BCUT2D eigenvalue weighted by atomic mass is 79.9. The van der Waals surface area contributed by atoms with Gasteiger partial charge >= 0.3 is 6.61 Å². The van der Waals surface area contributed by atoms with Gasteiger partial charge in [0.15, 0.2) is 11.5 Å². The smallest absolute Gasteiger partial charge is 0.387 e. The average molecular weight is 471 g/mol. The summed E-state index contributed by atoms with van der Waals surface area (Å²) in [5.41, 5.74) is 0.221. The molecule has 140 valence electrons. The molecule has 0 saturated carbocycles. The Bertz CT molecular complexity index is 942.